The van der Waals surface area contributed by atoms with E-state index in [1.807, 2.05) is 54.6 Å². The summed E-state index contributed by atoms with van der Waals surface area (Å²) in [5, 5.41) is 54.1. The topological polar surface area (TPSA) is 132 Å². The van der Waals surface area contributed by atoms with E-state index in [1.54, 1.807) is 18.2 Å². The van der Waals surface area contributed by atoms with Crippen molar-refractivity contribution < 1.29 is 35.0 Å². The molecule has 3 aromatic carbocycles. The normalized spacial score (nSPS) is 24.2. The molecule has 1 saturated heterocycles. The van der Waals surface area contributed by atoms with Gasteiger partial charge in [0.1, 0.15) is 49.0 Å². The van der Waals surface area contributed by atoms with E-state index in [4.69, 9.17) is 21.1 Å². The summed E-state index contributed by atoms with van der Waals surface area (Å²) in [6.07, 6.45) is -6.28. The monoisotopic (exact) mass is 543 g/mol. The Balaban J connectivity index is 1.31. The molecule has 204 valence electrons. The van der Waals surface area contributed by atoms with Gasteiger partial charge in [-0.3, -0.25) is 0 Å². The molecule has 0 spiro atoms. The maximum atomic E-state index is 10.5. The van der Waals surface area contributed by atoms with Gasteiger partial charge in [-0.2, -0.15) is 0 Å². The molecule has 6 N–H and O–H groups in total. The molecule has 0 aromatic heterocycles. The van der Waals surface area contributed by atoms with Crippen LogP contribution in [0, 0.1) is 0 Å². The fourth-order valence-corrected chi connectivity index (χ4v) is 4.62. The number of halogens is 1. The number of benzene rings is 3. The van der Waals surface area contributed by atoms with Crippen LogP contribution in [0.5, 0.6) is 5.75 Å². The number of ether oxygens (including phenoxy) is 2. The molecule has 8 nitrogen and oxygen atoms in total. The van der Waals surface area contributed by atoms with Gasteiger partial charge < -0.3 is 40.3 Å². The Morgan fingerprint density at radius 2 is 1.63 bits per heavy atom. The molecule has 0 radical (unpaired) electrons. The van der Waals surface area contributed by atoms with Crippen molar-refractivity contribution in [1.82, 2.24) is 5.32 Å². The van der Waals surface area contributed by atoms with E-state index >= 15 is 0 Å². The first kappa shape index (κ1) is 28.5. The third-order valence-corrected chi connectivity index (χ3v) is 6.97. The molecule has 0 saturated carbocycles. The predicted molar refractivity (Wildman–Crippen MR) is 143 cm³/mol. The predicted octanol–water partition coefficient (Wildman–Crippen LogP) is 1.98. The maximum absolute atomic E-state index is 10.5. The van der Waals surface area contributed by atoms with E-state index in [2.05, 4.69) is 5.32 Å². The van der Waals surface area contributed by atoms with Gasteiger partial charge in [-0.1, -0.05) is 66.2 Å². The number of hydrogen-bond acceptors (Lipinski definition) is 8. The molecular formula is C29H34ClNO7. The average molecular weight is 544 g/mol. The minimum atomic E-state index is -1.45. The molecule has 1 fully saturated rings. The Hall–Kier alpha value is -2.53. The van der Waals surface area contributed by atoms with Crippen molar-refractivity contribution in [3.63, 3.8) is 0 Å². The van der Waals surface area contributed by atoms with E-state index in [0.717, 1.165) is 16.7 Å². The molecule has 0 amide bonds. The Kier molecular flexibility index (Phi) is 10.1. The molecular weight excluding hydrogens is 510 g/mol. The second kappa shape index (κ2) is 13.5. The molecule has 1 aliphatic rings. The summed E-state index contributed by atoms with van der Waals surface area (Å²) in [4.78, 5) is 0. The van der Waals surface area contributed by atoms with Crippen LogP contribution >= 0.6 is 11.6 Å². The van der Waals surface area contributed by atoms with Crippen molar-refractivity contribution in [2.45, 2.75) is 49.6 Å². The first-order valence-corrected chi connectivity index (χ1v) is 13.0. The first-order valence-electron chi connectivity index (χ1n) is 12.6. The van der Waals surface area contributed by atoms with Gasteiger partial charge in [-0.15, -0.1) is 0 Å². The Bertz CT molecular complexity index is 1150. The number of aliphatic hydroxyl groups is 5. The van der Waals surface area contributed by atoms with Gasteiger partial charge in [-0.05, 0) is 46.9 Å². The second-order valence-electron chi connectivity index (χ2n) is 9.50. The molecule has 1 heterocycles. The average Bonchev–Trinajstić information content (AvgIpc) is 2.93. The van der Waals surface area contributed by atoms with E-state index in [-0.39, 0.29) is 6.61 Å². The van der Waals surface area contributed by atoms with E-state index in [1.165, 1.54) is 0 Å². The van der Waals surface area contributed by atoms with Crippen LogP contribution in [0.25, 0.3) is 0 Å². The standard InChI is InChI=1S/C29H34ClNO7/c30-24-11-8-20(29-28(36)27(35)26(34)25(16-32)38-29)13-21(24)12-18-6-9-23(10-7-18)37-17-22(33)15-31-14-19-4-2-1-3-5-19/h1-11,13,22,25-29,31-36H,12,14-17H2/t22-,25+,26+,27-,28+,29-/m0/s1. The van der Waals surface area contributed by atoms with Crippen molar-refractivity contribution in [1.29, 1.82) is 0 Å². The zero-order valence-corrected chi connectivity index (χ0v) is 21.6. The first-order chi connectivity index (χ1) is 18.4. The van der Waals surface area contributed by atoms with Crippen molar-refractivity contribution in [3.05, 3.63) is 100 Å². The Labute approximate surface area is 227 Å². The van der Waals surface area contributed by atoms with Gasteiger partial charge in [0.05, 0.1) is 6.61 Å². The van der Waals surface area contributed by atoms with E-state index in [0.29, 0.717) is 35.8 Å². The summed E-state index contributed by atoms with van der Waals surface area (Å²) in [6.45, 7) is 0.759. The van der Waals surface area contributed by atoms with Gasteiger partial charge in [0.25, 0.3) is 0 Å². The smallest absolute Gasteiger partial charge is 0.119 e. The van der Waals surface area contributed by atoms with Crippen LogP contribution in [-0.4, -0.2) is 75.8 Å². The van der Waals surface area contributed by atoms with Crippen LogP contribution in [0.3, 0.4) is 0 Å². The molecule has 0 unspecified atom stereocenters. The third-order valence-electron chi connectivity index (χ3n) is 6.60. The highest BCUT2D eigenvalue weighted by atomic mass is 35.5. The summed E-state index contributed by atoms with van der Waals surface area (Å²) in [5.41, 5.74) is 3.48. The van der Waals surface area contributed by atoms with E-state index < -0.39 is 43.2 Å². The van der Waals surface area contributed by atoms with E-state index in [9.17, 15) is 25.5 Å². The summed E-state index contributed by atoms with van der Waals surface area (Å²) in [6, 6.07) is 22.6. The van der Waals surface area contributed by atoms with Crippen molar-refractivity contribution >= 4 is 11.6 Å². The second-order valence-corrected chi connectivity index (χ2v) is 9.91. The van der Waals surface area contributed by atoms with Gasteiger partial charge in [0.2, 0.25) is 0 Å². The van der Waals surface area contributed by atoms with Gasteiger partial charge in [0, 0.05) is 18.1 Å². The SMILES string of the molecule is OC[C@H]1O[C@@H](c2ccc(Cl)c(Cc3ccc(OC[C@@H](O)CNCc4ccccc4)cc3)c2)[C@H](O)[C@@H](O)[C@@H]1O. The lowest BCUT2D eigenvalue weighted by molar-refractivity contribution is -0.231. The lowest BCUT2D eigenvalue weighted by atomic mass is 9.90. The molecule has 9 heteroatoms. The summed E-state index contributed by atoms with van der Waals surface area (Å²) in [7, 11) is 0. The van der Waals surface area contributed by atoms with Crippen molar-refractivity contribution in [3.8, 4) is 5.75 Å². The lowest BCUT2D eigenvalue weighted by Gasteiger charge is -2.40. The zero-order chi connectivity index (χ0) is 27.1. The lowest BCUT2D eigenvalue weighted by Crippen LogP contribution is -2.55. The van der Waals surface area contributed by atoms with Gasteiger partial charge in [0.15, 0.2) is 0 Å². The molecule has 0 aliphatic carbocycles. The molecule has 6 atom stereocenters. The van der Waals surface area contributed by atoms with Crippen LogP contribution < -0.4 is 10.1 Å². The summed E-state index contributed by atoms with van der Waals surface area (Å²) >= 11 is 6.43. The Morgan fingerprint density at radius 1 is 0.895 bits per heavy atom. The van der Waals surface area contributed by atoms with Crippen LogP contribution in [-0.2, 0) is 17.7 Å². The van der Waals surface area contributed by atoms with Gasteiger partial charge in [-0.25, -0.2) is 0 Å². The number of rotatable bonds is 11. The minimum Gasteiger partial charge on any atom is -0.491 e. The van der Waals surface area contributed by atoms with Crippen molar-refractivity contribution in [2.24, 2.45) is 0 Å². The highest BCUT2D eigenvalue weighted by molar-refractivity contribution is 6.31. The number of hydrogen-bond donors (Lipinski definition) is 6. The molecule has 3 aromatic rings. The maximum Gasteiger partial charge on any atom is 0.119 e. The third kappa shape index (κ3) is 7.31. The number of aliphatic hydroxyl groups excluding tert-OH is 5. The number of nitrogens with one attached hydrogen (secondary N) is 1. The fraction of sp³-hybridized carbons (Fsp3) is 0.379. The van der Waals surface area contributed by atoms with Crippen molar-refractivity contribution in [2.75, 3.05) is 19.8 Å². The Morgan fingerprint density at radius 3 is 2.34 bits per heavy atom. The van der Waals surface area contributed by atoms with Crippen LogP contribution in [0.2, 0.25) is 5.02 Å². The molecule has 38 heavy (non-hydrogen) atoms. The van der Waals surface area contributed by atoms with Crippen LogP contribution in [0.1, 0.15) is 28.4 Å². The highest BCUT2D eigenvalue weighted by Crippen LogP contribution is 2.34. The zero-order valence-electron chi connectivity index (χ0n) is 20.9. The molecule has 4 rings (SSSR count). The van der Waals surface area contributed by atoms with Crippen LogP contribution in [0.15, 0.2) is 72.8 Å². The largest absolute Gasteiger partial charge is 0.491 e. The van der Waals surface area contributed by atoms with Gasteiger partial charge >= 0.3 is 0 Å². The summed E-state index contributed by atoms with van der Waals surface area (Å²) in [5.74, 6) is 0.636. The minimum absolute atomic E-state index is 0.161. The van der Waals surface area contributed by atoms with Crippen LogP contribution in [0.4, 0.5) is 0 Å². The fourth-order valence-electron chi connectivity index (χ4n) is 4.44. The molecule has 0 bridgehead atoms. The highest BCUT2D eigenvalue weighted by Gasteiger charge is 2.44. The quantitative estimate of drug-likeness (QED) is 0.216. The molecule has 1 aliphatic heterocycles. The summed E-state index contributed by atoms with van der Waals surface area (Å²) < 4.78 is 11.4.